The molecule has 0 unspecified atom stereocenters. The lowest BCUT2D eigenvalue weighted by Crippen LogP contribution is -2.38. The lowest BCUT2D eigenvalue weighted by molar-refractivity contribution is -0.114. The Hall–Kier alpha value is -1.91. The van der Waals surface area contributed by atoms with E-state index in [1.165, 1.54) is 23.1 Å². The van der Waals surface area contributed by atoms with Crippen LogP contribution in [0.2, 0.25) is 0 Å². The highest BCUT2D eigenvalue weighted by molar-refractivity contribution is 8.01. The summed E-state index contributed by atoms with van der Waals surface area (Å²) in [5.41, 5.74) is 1.36. The number of anilines is 2. The Morgan fingerprint density at radius 3 is 2.77 bits per heavy atom. The molecule has 0 bridgehead atoms. The van der Waals surface area contributed by atoms with E-state index in [-0.39, 0.29) is 6.54 Å². The number of sulfonamides is 1. The van der Waals surface area contributed by atoms with Crippen LogP contribution in [0.25, 0.3) is 0 Å². The van der Waals surface area contributed by atoms with Crippen LogP contribution in [0.4, 0.5) is 10.8 Å². The van der Waals surface area contributed by atoms with E-state index in [1.807, 2.05) is 19.1 Å². The second-order valence-electron chi connectivity index (χ2n) is 5.27. The first-order chi connectivity index (χ1) is 12.3. The number of hydrogen-bond acceptors (Lipinski definition) is 7. The summed E-state index contributed by atoms with van der Waals surface area (Å²) >= 11 is 2.69. The van der Waals surface area contributed by atoms with Gasteiger partial charge in [0.25, 0.3) is 0 Å². The smallest absolute Gasteiger partial charge is 0.246 e. The van der Waals surface area contributed by atoms with Crippen LogP contribution >= 0.6 is 23.1 Å². The van der Waals surface area contributed by atoms with E-state index < -0.39 is 15.9 Å². The van der Waals surface area contributed by atoms with Gasteiger partial charge in [-0.15, -0.1) is 16.8 Å². The number of benzene rings is 1. The largest absolute Gasteiger partial charge is 0.299 e. The van der Waals surface area contributed by atoms with Crippen LogP contribution < -0.4 is 9.62 Å². The number of amides is 1. The summed E-state index contributed by atoms with van der Waals surface area (Å²) in [4.78, 5) is 12.4. The molecule has 0 atom stereocenters. The average molecular weight is 413 g/mol. The fraction of sp³-hybridized carbons (Fsp3) is 0.312. The van der Waals surface area contributed by atoms with Gasteiger partial charge in [0, 0.05) is 5.75 Å². The molecule has 1 N–H and O–H groups in total. The Morgan fingerprint density at radius 1 is 1.38 bits per heavy atom. The first-order valence-corrected chi connectivity index (χ1v) is 11.4. The average Bonchev–Trinajstić information content (AvgIpc) is 3.04. The van der Waals surface area contributed by atoms with Crippen LogP contribution in [-0.2, 0) is 21.2 Å². The number of aromatic nitrogens is 2. The summed E-state index contributed by atoms with van der Waals surface area (Å²) in [6, 6.07) is 7.13. The van der Waals surface area contributed by atoms with E-state index in [4.69, 9.17) is 0 Å². The fourth-order valence-electron chi connectivity index (χ4n) is 2.17. The predicted octanol–water partition coefficient (Wildman–Crippen LogP) is 2.78. The van der Waals surface area contributed by atoms with Gasteiger partial charge in [0.2, 0.25) is 21.1 Å². The number of nitrogens with zero attached hydrogens (tertiary/aromatic N) is 3. The number of aryl methyl sites for hydroxylation is 1. The highest BCUT2D eigenvalue weighted by atomic mass is 32.2. The van der Waals surface area contributed by atoms with Crippen LogP contribution in [0.5, 0.6) is 0 Å². The molecule has 26 heavy (non-hydrogen) atoms. The second kappa shape index (κ2) is 9.15. The summed E-state index contributed by atoms with van der Waals surface area (Å²) in [6.45, 7) is 5.24. The molecule has 2 aromatic rings. The van der Waals surface area contributed by atoms with Crippen molar-refractivity contribution in [1.82, 2.24) is 10.2 Å². The van der Waals surface area contributed by atoms with Crippen LogP contribution in [0.1, 0.15) is 12.5 Å². The third-order valence-corrected chi connectivity index (χ3v) is 6.40. The van der Waals surface area contributed by atoms with Gasteiger partial charge in [0.1, 0.15) is 6.54 Å². The molecule has 2 rings (SSSR count). The molecule has 0 saturated heterocycles. The van der Waals surface area contributed by atoms with Gasteiger partial charge in [0.05, 0.1) is 11.9 Å². The number of thioether (sulfide) groups is 1. The third-order valence-electron chi connectivity index (χ3n) is 3.31. The van der Waals surface area contributed by atoms with Gasteiger partial charge < -0.3 is 0 Å². The normalized spacial score (nSPS) is 11.2. The minimum atomic E-state index is -3.62. The highest BCUT2D eigenvalue weighted by Gasteiger charge is 2.23. The molecule has 0 radical (unpaired) electrons. The molecule has 140 valence electrons. The summed E-state index contributed by atoms with van der Waals surface area (Å²) in [5.74, 6) is 0.218. The SMILES string of the molecule is C=CCSc1nnc(NC(=O)CN(c2ccccc2CC)S(C)(=O)=O)s1. The van der Waals surface area contributed by atoms with Gasteiger partial charge in [-0.25, -0.2) is 8.42 Å². The first kappa shape index (κ1) is 20.4. The lowest BCUT2D eigenvalue weighted by Gasteiger charge is -2.23. The summed E-state index contributed by atoms with van der Waals surface area (Å²) in [7, 11) is -3.62. The quantitative estimate of drug-likeness (QED) is 0.387. The van der Waals surface area contributed by atoms with Crippen molar-refractivity contribution in [1.29, 1.82) is 0 Å². The Labute approximate surface area is 161 Å². The van der Waals surface area contributed by atoms with Crippen molar-refractivity contribution in [2.45, 2.75) is 17.7 Å². The van der Waals surface area contributed by atoms with Crippen LogP contribution in [0.3, 0.4) is 0 Å². The van der Waals surface area contributed by atoms with Gasteiger partial charge in [-0.05, 0) is 18.1 Å². The Balaban J connectivity index is 2.15. The van der Waals surface area contributed by atoms with Gasteiger partial charge in [0.15, 0.2) is 4.34 Å². The zero-order valence-corrected chi connectivity index (χ0v) is 17.0. The van der Waals surface area contributed by atoms with E-state index in [0.717, 1.165) is 16.1 Å². The Bertz CT molecular complexity index is 880. The Morgan fingerprint density at radius 2 is 2.12 bits per heavy atom. The lowest BCUT2D eigenvalue weighted by atomic mass is 10.1. The molecule has 0 fully saturated rings. The maximum Gasteiger partial charge on any atom is 0.246 e. The number of nitrogens with one attached hydrogen (secondary N) is 1. The van der Waals surface area contributed by atoms with Crippen molar-refractivity contribution < 1.29 is 13.2 Å². The standard InChI is InChI=1S/C16H20N4O3S3/c1-4-10-24-16-19-18-15(25-16)17-14(21)11-20(26(3,22)23)13-9-7-6-8-12(13)5-2/h4,6-9H,1,5,10-11H2,2-3H3,(H,17,18,21). The summed E-state index contributed by atoms with van der Waals surface area (Å²) in [6.07, 6.45) is 3.49. The maximum atomic E-state index is 12.4. The van der Waals surface area contributed by atoms with Gasteiger partial charge in [-0.1, -0.05) is 54.3 Å². The monoisotopic (exact) mass is 412 g/mol. The molecule has 7 nitrogen and oxygen atoms in total. The van der Waals surface area contributed by atoms with E-state index in [9.17, 15) is 13.2 Å². The van der Waals surface area contributed by atoms with Crippen LogP contribution in [0, 0.1) is 0 Å². The zero-order chi connectivity index (χ0) is 19.2. The molecule has 1 aromatic heterocycles. The van der Waals surface area contributed by atoms with Crippen molar-refractivity contribution >= 4 is 49.8 Å². The van der Waals surface area contributed by atoms with Gasteiger partial charge >= 0.3 is 0 Å². The third kappa shape index (κ3) is 5.55. The van der Waals surface area contributed by atoms with E-state index in [2.05, 4.69) is 22.1 Å². The van der Waals surface area contributed by atoms with E-state index in [1.54, 1.807) is 18.2 Å². The summed E-state index contributed by atoms with van der Waals surface area (Å²) < 4.78 is 26.2. The van der Waals surface area contributed by atoms with Gasteiger partial charge in [-0.3, -0.25) is 14.4 Å². The highest BCUT2D eigenvalue weighted by Crippen LogP contribution is 2.26. The topological polar surface area (TPSA) is 92.3 Å². The minimum Gasteiger partial charge on any atom is -0.299 e. The fourth-order valence-corrected chi connectivity index (χ4v) is 4.59. The molecular weight excluding hydrogens is 392 g/mol. The van der Waals surface area contributed by atoms with Crippen molar-refractivity contribution in [3.63, 3.8) is 0 Å². The molecule has 10 heteroatoms. The molecule has 0 aliphatic rings. The molecule has 0 aliphatic carbocycles. The molecule has 0 aliphatic heterocycles. The van der Waals surface area contributed by atoms with E-state index in [0.29, 0.717) is 27.3 Å². The Kier molecular flexibility index (Phi) is 7.18. The molecule has 0 saturated carbocycles. The molecule has 0 spiro atoms. The van der Waals surface area contributed by atoms with E-state index >= 15 is 0 Å². The zero-order valence-electron chi connectivity index (χ0n) is 14.5. The molecule has 1 aromatic carbocycles. The van der Waals surface area contributed by atoms with Crippen molar-refractivity contribution in [2.75, 3.05) is 28.2 Å². The molecule has 1 amide bonds. The van der Waals surface area contributed by atoms with Gasteiger partial charge in [-0.2, -0.15) is 0 Å². The number of carbonyl (C=O) groups excluding carboxylic acids is 1. The first-order valence-electron chi connectivity index (χ1n) is 7.77. The number of para-hydroxylation sites is 1. The number of rotatable bonds is 9. The predicted molar refractivity (Wildman–Crippen MR) is 107 cm³/mol. The van der Waals surface area contributed by atoms with Crippen LogP contribution in [-0.4, -0.2) is 43.1 Å². The number of carbonyl (C=O) groups is 1. The summed E-state index contributed by atoms with van der Waals surface area (Å²) in [5, 5.41) is 10.8. The maximum absolute atomic E-state index is 12.4. The van der Waals surface area contributed by atoms with Crippen molar-refractivity contribution in [3.8, 4) is 0 Å². The molecular formula is C16H20N4O3S3. The van der Waals surface area contributed by atoms with Crippen molar-refractivity contribution in [3.05, 3.63) is 42.5 Å². The minimum absolute atomic E-state index is 0.329. The van der Waals surface area contributed by atoms with Crippen molar-refractivity contribution in [2.24, 2.45) is 0 Å². The van der Waals surface area contributed by atoms with Crippen LogP contribution in [0.15, 0.2) is 41.3 Å². The second-order valence-corrected chi connectivity index (χ2v) is 9.42. The molecule has 1 heterocycles. The number of hydrogen-bond donors (Lipinski definition) is 1.